The molecule has 0 aliphatic carbocycles. The first kappa shape index (κ1) is 22.6. The Balaban J connectivity index is 1.63. The van der Waals surface area contributed by atoms with E-state index in [4.69, 9.17) is 14.2 Å². The number of fused-ring (bicyclic) bond motifs is 1. The third-order valence-electron chi connectivity index (χ3n) is 5.59. The molecule has 172 valence electrons. The Kier molecular flexibility index (Phi) is 6.82. The summed E-state index contributed by atoms with van der Waals surface area (Å²) >= 11 is 0. The number of carbonyl (C=O) groups excluding carboxylic acids is 1. The number of benzene rings is 3. The minimum absolute atomic E-state index is 0.0308. The smallest absolute Gasteiger partial charge is 0.227 e. The molecule has 1 unspecified atom stereocenters. The molecule has 1 amide bonds. The minimum atomic E-state index is -0.320. The average molecular weight is 450 g/mol. The van der Waals surface area contributed by atoms with E-state index in [9.17, 15) is 9.18 Å². The lowest BCUT2D eigenvalue weighted by Gasteiger charge is -2.37. The second kappa shape index (κ2) is 9.94. The Labute approximate surface area is 193 Å². The van der Waals surface area contributed by atoms with Crippen LogP contribution >= 0.6 is 0 Å². The summed E-state index contributed by atoms with van der Waals surface area (Å²) in [5.74, 6) is 1.81. The van der Waals surface area contributed by atoms with Crippen LogP contribution < -0.4 is 14.2 Å². The summed E-state index contributed by atoms with van der Waals surface area (Å²) in [7, 11) is 1.61. The second-order valence-electron chi connectivity index (χ2n) is 8.36. The standard InChI is InChI=1S/C27H28FNO4/c1-18(2)33-24-11-12-25-20(14-24)15-27(30)29(16-19-5-4-6-21(28)13-19)26(25)17-32-23-9-7-22(31-3)8-10-23/h4-14,18,26H,15-17H2,1-3H3. The third-order valence-corrected chi connectivity index (χ3v) is 5.59. The van der Waals surface area contributed by atoms with Gasteiger partial charge in [0.15, 0.2) is 0 Å². The van der Waals surface area contributed by atoms with Gasteiger partial charge >= 0.3 is 0 Å². The van der Waals surface area contributed by atoms with Gasteiger partial charge in [-0.3, -0.25) is 4.79 Å². The molecule has 3 aromatic rings. The monoisotopic (exact) mass is 449 g/mol. The number of halogens is 1. The third kappa shape index (κ3) is 5.45. The SMILES string of the molecule is COc1ccc(OCC2c3ccc(OC(C)C)cc3CC(=O)N2Cc2cccc(F)c2)cc1. The Morgan fingerprint density at radius 3 is 2.42 bits per heavy atom. The summed E-state index contributed by atoms with van der Waals surface area (Å²) in [6.07, 6.45) is 0.305. The van der Waals surface area contributed by atoms with Gasteiger partial charge in [0.1, 0.15) is 29.7 Å². The Morgan fingerprint density at radius 2 is 1.73 bits per heavy atom. The van der Waals surface area contributed by atoms with Crippen molar-refractivity contribution in [1.82, 2.24) is 4.90 Å². The molecule has 1 atom stereocenters. The molecule has 0 radical (unpaired) electrons. The molecule has 0 aromatic heterocycles. The Morgan fingerprint density at radius 1 is 1.00 bits per heavy atom. The number of ether oxygens (including phenoxy) is 3. The van der Waals surface area contributed by atoms with E-state index in [1.165, 1.54) is 12.1 Å². The quantitative estimate of drug-likeness (QED) is 0.467. The maximum atomic E-state index is 13.8. The van der Waals surface area contributed by atoms with Gasteiger partial charge in [-0.2, -0.15) is 0 Å². The first-order chi connectivity index (χ1) is 15.9. The predicted octanol–water partition coefficient (Wildman–Crippen LogP) is 5.33. The van der Waals surface area contributed by atoms with E-state index in [1.807, 2.05) is 62.4 Å². The van der Waals surface area contributed by atoms with Gasteiger partial charge in [-0.1, -0.05) is 18.2 Å². The van der Waals surface area contributed by atoms with Gasteiger partial charge in [0.05, 0.1) is 25.7 Å². The molecule has 0 spiro atoms. The highest BCUT2D eigenvalue weighted by molar-refractivity contribution is 5.82. The summed E-state index contributed by atoms with van der Waals surface area (Å²) < 4.78 is 30.9. The number of hydrogen-bond donors (Lipinski definition) is 0. The van der Waals surface area contributed by atoms with Gasteiger partial charge in [0, 0.05) is 6.54 Å². The van der Waals surface area contributed by atoms with E-state index < -0.39 is 0 Å². The summed E-state index contributed by atoms with van der Waals surface area (Å²) in [5.41, 5.74) is 2.67. The lowest BCUT2D eigenvalue weighted by Crippen LogP contribution is -2.42. The van der Waals surface area contributed by atoms with Crippen molar-refractivity contribution in [2.45, 2.75) is 39.0 Å². The molecule has 1 aliphatic rings. The molecule has 5 nitrogen and oxygen atoms in total. The normalized spacial score (nSPS) is 15.4. The van der Waals surface area contributed by atoms with E-state index in [2.05, 4.69) is 0 Å². The highest BCUT2D eigenvalue weighted by Crippen LogP contribution is 2.35. The van der Waals surface area contributed by atoms with E-state index in [0.717, 1.165) is 28.2 Å². The highest BCUT2D eigenvalue weighted by Gasteiger charge is 2.33. The summed E-state index contributed by atoms with van der Waals surface area (Å²) in [6.45, 7) is 4.51. The zero-order valence-electron chi connectivity index (χ0n) is 19.1. The van der Waals surface area contributed by atoms with Crippen LogP contribution in [0.25, 0.3) is 0 Å². The van der Waals surface area contributed by atoms with Gasteiger partial charge in [-0.15, -0.1) is 0 Å². The molecular weight excluding hydrogens is 421 g/mol. The fraction of sp³-hybridized carbons (Fsp3) is 0.296. The number of nitrogens with zero attached hydrogens (tertiary/aromatic N) is 1. The van der Waals surface area contributed by atoms with Crippen molar-refractivity contribution in [3.63, 3.8) is 0 Å². The number of amides is 1. The van der Waals surface area contributed by atoms with Crippen molar-refractivity contribution in [3.8, 4) is 17.2 Å². The molecule has 33 heavy (non-hydrogen) atoms. The fourth-order valence-corrected chi connectivity index (χ4v) is 4.07. The molecule has 0 bridgehead atoms. The average Bonchev–Trinajstić information content (AvgIpc) is 2.79. The zero-order valence-corrected chi connectivity index (χ0v) is 19.1. The number of hydrogen-bond acceptors (Lipinski definition) is 4. The first-order valence-electron chi connectivity index (χ1n) is 11.0. The fourth-order valence-electron chi connectivity index (χ4n) is 4.07. The van der Waals surface area contributed by atoms with Gasteiger partial charge in [-0.25, -0.2) is 4.39 Å². The van der Waals surface area contributed by atoms with Crippen LogP contribution in [0.4, 0.5) is 4.39 Å². The van der Waals surface area contributed by atoms with Crippen molar-refractivity contribution < 1.29 is 23.4 Å². The first-order valence-corrected chi connectivity index (χ1v) is 11.0. The molecule has 3 aromatic carbocycles. The molecular formula is C27H28FNO4. The molecule has 0 saturated heterocycles. The van der Waals surface area contributed by atoms with Gasteiger partial charge in [-0.05, 0) is 79.1 Å². The van der Waals surface area contributed by atoms with Gasteiger partial charge < -0.3 is 19.1 Å². The van der Waals surface area contributed by atoms with Crippen molar-refractivity contribution >= 4 is 5.91 Å². The van der Waals surface area contributed by atoms with Crippen molar-refractivity contribution in [3.05, 3.63) is 89.2 Å². The molecule has 4 rings (SSSR count). The molecule has 0 N–H and O–H groups in total. The lowest BCUT2D eigenvalue weighted by atomic mass is 9.91. The van der Waals surface area contributed by atoms with Crippen LogP contribution in [0.15, 0.2) is 66.7 Å². The lowest BCUT2D eigenvalue weighted by molar-refractivity contribution is -0.135. The minimum Gasteiger partial charge on any atom is -0.497 e. The largest absolute Gasteiger partial charge is 0.497 e. The zero-order chi connectivity index (χ0) is 23.4. The molecule has 6 heteroatoms. The van der Waals surface area contributed by atoms with Crippen LogP contribution in [0.5, 0.6) is 17.2 Å². The number of methoxy groups -OCH3 is 1. The van der Waals surface area contributed by atoms with E-state index in [0.29, 0.717) is 12.3 Å². The van der Waals surface area contributed by atoms with E-state index >= 15 is 0 Å². The van der Waals surface area contributed by atoms with E-state index in [1.54, 1.807) is 18.1 Å². The Hall–Kier alpha value is -3.54. The molecule has 1 aliphatic heterocycles. The van der Waals surface area contributed by atoms with Crippen LogP contribution in [-0.2, 0) is 17.8 Å². The van der Waals surface area contributed by atoms with Crippen LogP contribution in [0.1, 0.15) is 36.6 Å². The maximum Gasteiger partial charge on any atom is 0.227 e. The van der Waals surface area contributed by atoms with Crippen LogP contribution in [-0.4, -0.2) is 30.6 Å². The van der Waals surface area contributed by atoms with Crippen LogP contribution in [0, 0.1) is 5.82 Å². The predicted molar refractivity (Wildman–Crippen MR) is 124 cm³/mol. The summed E-state index contributed by atoms with van der Waals surface area (Å²) in [6, 6.07) is 19.2. The van der Waals surface area contributed by atoms with Crippen molar-refractivity contribution in [2.24, 2.45) is 0 Å². The molecule has 0 fully saturated rings. The second-order valence-corrected chi connectivity index (χ2v) is 8.36. The topological polar surface area (TPSA) is 48.0 Å². The molecule has 1 heterocycles. The van der Waals surface area contributed by atoms with Crippen molar-refractivity contribution in [1.29, 1.82) is 0 Å². The highest BCUT2D eigenvalue weighted by atomic mass is 19.1. The summed E-state index contributed by atoms with van der Waals surface area (Å²) in [4.78, 5) is 15.0. The van der Waals surface area contributed by atoms with E-state index in [-0.39, 0.29) is 36.9 Å². The Bertz CT molecular complexity index is 1110. The van der Waals surface area contributed by atoms with Crippen LogP contribution in [0.2, 0.25) is 0 Å². The summed E-state index contributed by atoms with van der Waals surface area (Å²) in [5, 5.41) is 0. The maximum absolute atomic E-state index is 13.8. The van der Waals surface area contributed by atoms with Gasteiger partial charge in [0.2, 0.25) is 5.91 Å². The van der Waals surface area contributed by atoms with Crippen molar-refractivity contribution in [2.75, 3.05) is 13.7 Å². The van der Waals surface area contributed by atoms with Gasteiger partial charge in [0.25, 0.3) is 0 Å². The molecule has 0 saturated carbocycles. The number of rotatable bonds is 8. The number of carbonyl (C=O) groups is 1. The van der Waals surface area contributed by atoms with Crippen LogP contribution in [0.3, 0.4) is 0 Å².